The molecule has 2 heterocycles. The third-order valence-corrected chi connectivity index (χ3v) is 6.04. The molecule has 1 saturated heterocycles. The number of hydrazone groups is 1. The fourth-order valence-electron chi connectivity index (χ4n) is 3.85. The number of piperazine rings is 1. The molecule has 0 spiro atoms. The third-order valence-electron chi connectivity index (χ3n) is 5.75. The molecule has 0 aliphatic carbocycles. The van der Waals surface area contributed by atoms with Gasteiger partial charge >= 0.3 is 6.18 Å². The monoisotopic (exact) mass is 553 g/mol. The summed E-state index contributed by atoms with van der Waals surface area (Å²) in [5.74, 6) is -0.764. The number of alkyl halides is 3. The molecule has 202 valence electrons. The largest absolute Gasteiger partial charge is 0.506 e. The van der Waals surface area contributed by atoms with Gasteiger partial charge in [-0.1, -0.05) is 17.7 Å². The molecule has 0 amide bonds. The summed E-state index contributed by atoms with van der Waals surface area (Å²) < 4.78 is 53.4. The summed E-state index contributed by atoms with van der Waals surface area (Å²) in [4.78, 5) is 11.9. The van der Waals surface area contributed by atoms with Crippen LogP contribution in [0.2, 0.25) is 5.02 Å². The van der Waals surface area contributed by atoms with Crippen LogP contribution in [0.3, 0.4) is 0 Å². The van der Waals surface area contributed by atoms with Crippen molar-refractivity contribution in [3.05, 3.63) is 64.6 Å². The van der Waals surface area contributed by atoms with Crippen LogP contribution in [0, 0.1) is 5.82 Å². The summed E-state index contributed by atoms with van der Waals surface area (Å²) in [6.45, 7) is 2.95. The number of phenolic OH excluding ortho intramolecular Hbond substituents is 1. The Kier molecular flexibility index (Phi) is 8.49. The van der Waals surface area contributed by atoms with Crippen LogP contribution in [0.5, 0.6) is 5.75 Å². The van der Waals surface area contributed by atoms with Gasteiger partial charge in [-0.25, -0.2) is 14.8 Å². The SMILES string of the molecule is OCCN1CCN(c2nc(N/N=C\c3cc(Nc4cccc(C(F)(F)F)c4)cc(Cl)c3O)ncc2F)CC1. The van der Waals surface area contributed by atoms with Gasteiger partial charge in [-0.05, 0) is 30.3 Å². The second kappa shape index (κ2) is 11.8. The first-order valence-electron chi connectivity index (χ1n) is 11.5. The third kappa shape index (κ3) is 6.79. The minimum atomic E-state index is -4.50. The molecule has 0 unspecified atom stereocenters. The molecule has 1 fully saturated rings. The maximum atomic E-state index is 14.4. The summed E-state index contributed by atoms with van der Waals surface area (Å²) in [5, 5.41) is 26.2. The zero-order valence-corrected chi connectivity index (χ0v) is 20.6. The van der Waals surface area contributed by atoms with Crippen LogP contribution in [-0.4, -0.2) is 70.6 Å². The van der Waals surface area contributed by atoms with Crippen molar-refractivity contribution >= 4 is 41.0 Å². The number of nitrogens with zero attached hydrogens (tertiary/aromatic N) is 5. The predicted octanol–water partition coefficient (Wildman–Crippen LogP) is 4.30. The number of nitrogens with one attached hydrogen (secondary N) is 2. The van der Waals surface area contributed by atoms with E-state index in [-0.39, 0.29) is 40.4 Å². The predicted molar refractivity (Wildman–Crippen MR) is 137 cm³/mol. The van der Waals surface area contributed by atoms with Crippen LogP contribution in [0.15, 0.2) is 47.7 Å². The van der Waals surface area contributed by atoms with Crippen molar-refractivity contribution in [2.45, 2.75) is 6.18 Å². The molecule has 0 bridgehead atoms. The second-order valence-electron chi connectivity index (χ2n) is 8.39. The first-order valence-corrected chi connectivity index (χ1v) is 11.9. The Morgan fingerprint density at radius 2 is 1.87 bits per heavy atom. The number of benzene rings is 2. The zero-order chi connectivity index (χ0) is 27.3. The molecular formula is C24H24ClF4N7O2. The average Bonchev–Trinajstić information content (AvgIpc) is 2.88. The first-order chi connectivity index (χ1) is 18.1. The average molecular weight is 554 g/mol. The smallest absolute Gasteiger partial charge is 0.416 e. The molecule has 9 nitrogen and oxygen atoms in total. The standard InChI is InChI=1S/C24H24ClF4N7O2/c25-19-12-18(32-17-3-1-2-16(11-17)24(27,28)29)10-15(21(19)38)13-31-34-23-30-14-20(26)22(33-23)36-6-4-35(5-7-36)8-9-37/h1-3,10-14,32,37-38H,4-9H2,(H,30,33,34)/b31-13-. The van der Waals surface area contributed by atoms with E-state index in [1.807, 2.05) is 0 Å². The van der Waals surface area contributed by atoms with Gasteiger partial charge in [-0.3, -0.25) is 4.90 Å². The van der Waals surface area contributed by atoms with Crippen LogP contribution < -0.4 is 15.6 Å². The number of aliphatic hydroxyl groups is 1. The lowest BCUT2D eigenvalue weighted by atomic mass is 10.1. The summed E-state index contributed by atoms with van der Waals surface area (Å²) >= 11 is 6.10. The lowest BCUT2D eigenvalue weighted by molar-refractivity contribution is -0.137. The Balaban J connectivity index is 1.46. The van der Waals surface area contributed by atoms with Crippen molar-refractivity contribution in [1.29, 1.82) is 0 Å². The zero-order valence-electron chi connectivity index (χ0n) is 19.9. The normalized spacial score (nSPS) is 14.7. The molecule has 1 aliphatic rings. The molecule has 0 radical (unpaired) electrons. The number of β-amino-alcohol motifs (C(OH)–C–C–N with tert-alkyl or cyclic N) is 1. The van der Waals surface area contributed by atoms with E-state index in [2.05, 4.69) is 30.7 Å². The van der Waals surface area contributed by atoms with E-state index >= 15 is 0 Å². The number of halogens is 5. The molecular weight excluding hydrogens is 530 g/mol. The Morgan fingerprint density at radius 1 is 1.11 bits per heavy atom. The molecule has 4 rings (SSSR count). The molecule has 2 aromatic carbocycles. The highest BCUT2D eigenvalue weighted by molar-refractivity contribution is 6.32. The Morgan fingerprint density at radius 3 is 2.58 bits per heavy atom. The van der Waals surface area contributed by atoms with E-state index < -0.39 is 17.6 Å². The van der Waals surface area contributed by atoms with Gasteiger partial charge in [0.15, 0.2) is 11.6 Å². The number of rotatable bonds is 8. The number of aromatic nitrogens is 2. The molecule has 1 aromatic heterocycles. The van der Waals surface area contributed by atoms with Gasteiger partial charge in [0.25, 0.3) is 0 Å². The van der Waals surface area contributed by atoms with Crippen molar-refractivity contribution < 1.29 is 27.8 Å². The molecule has 0 saturated carbocycles. The summed E-state index contributed by atoms with van der Waals surface area (Å²) in [6, 6.07) is 7.44. The highest BCUT2D eigenvalue weighted by Crippen LogP contribution is 2.34. The summed E-state index contributed by atoms with van der Waals surface area (Å²) in [5.41, 5.74) is 2.41. The van der Waals surface area contributed by atoms with Crippen LogP contribution in [0.4, 0.5) is 40.7 Å². The van der Waals surface area contributed by atoms with Gasteiger partial charge in [0.05, 0.1) is 29.6 Å². The number of anilines is 4. The lowest BCUT2D eigenvalue weighted by Crippen LogP contribution is -2.47. The van der Waals surface area contributed by atoms with Gasteiger partial charge < -0.3 is 20.4 Å². The van der Waals surface area contributed by atoms with Crippen molar-refractivity contribution in [3.63, 3.8) is 0 Å². The highest BCUT2D eigenvalue weighted by atomic mass is 35.5. The van der Waals surface area contributed by atoms with Crippen LogP contribution in [0.1, 0.15) is 11.1 Å². The van der Waals surface area contributed by atoms with E-state index in [4.69, 9.17) is 16.7 Å². The molecule has 4 N–H and O–H groups in total. The Hall–Kier alpha value is -3.68. The summed E-state index contributed by atoms with van der Waals surface area (Å²) in [7, 11) is 0. The van der Waals surface area contributed by atoms with Crippen LogP contribution in [0.25, 0.3) is 0 Å². The Labute approximate surface area is 220 Å². The second-order valence-corrected chi connectivity index (χ2v) is 8.79. The molecule has 1 aliphatic heterocycles. The minimum Gasteiger partial charge on any atom is -0.506 e. The fourth-order valence-corrected chi connectivity index (χ4v) is 4.08. The number of hydrogen-bond acceptors (Lipinski definition) is 9. The van der Waals surface area contributed by atoms with Gasteiger partial charge in [-0.15, -0.1) is 0 Å². The van der Waals surface area contributed by atoms with E-state index in [0.29, 0.717) is 38.4 Å². The summed E-state index contributed by atoms with van der Waals surface area (Å²) in [6.07, 6.45) is -2.25. The van der Waals surface area contributed by atoms with Crippen molar-refractivity contribution in [2.75, 3.05) is 55.0 Å². The van der Waals surface area contributed by atoms with Gasteiger partial charge in [0.1, 0.15) is 5.75 Å². The van der Waals surface area contributed by atoms with Crippen LogP contribution >= 0.6 is 11.6 Å². The highest BCUT2D eigenvalue weighted by Gasteiger charge is 2.30. The fraction of sp³-hybridized carbons (Fsp3) is 0.292. The number of phenols is 1. The molecule has 14 heteroatoms. The molecule has 38 heavy (non-hydrogen) atoms. The number of aliphatic hydroxyl groups excluding tert-OH is 1. The van der Waals surface area contributed by atoms with Crippen molar-refractivity contribution in [3.8, 4) is 5.75 Å². The van der Waals surface area contributed by atoms with E-state index in [1.54, 1.807) is 4.90 Å². The topological polar surface area (TPSA) is 109 Å². The minimum absolute atomic E-state index is 0.0132. The maximum Gasteiger partial charge on any atom is 0.416 e. The van der Waals surface area contributed by atoms with E-state index in [0.717, 1.165) is 18.3 Å². The van der Waals surface area contributed by atoms with Crippen molar-refractivity contribution in [1.82, 2.24) is 14.9 Å². The Bertz CT molecular complexity index is 1300. The molecule has 3 aromatic rings. The van der Waals surface area contributed by atoms with Crippen molar-refractivity contribution in [2.24, 2.45) is 5.10 Å². The molecule has 0 atom stereocenters. The number of hydrogen-bond donors (Lipinski definition) is 4. The van der Waals surface area contributed by atoms with Crippen LogP contribution in [-0.2, 0) is 6.18 Å². The van der Waals surface area contributed by atoms with E-state index in [9.17, 15) is 22.7 Å². The lowest BCUT2D eigenvalue weighted by Gasteiger charge is -2.35. The van der Waals surface area contributed by atoms with E-state index in [1.165, 1.54) is 30.5 Å². The number of aromatic hydroxyl groups is 1. The van der Waals surface area contributed by atoms with Gasteiger partial charge in [-0.2, -0.15) is 23.3 Å². The quantitative estimate of drug-likeness (QED) is 0.142. The maximum absolute atomic E-state index is 14.4. The van der Waals surface area contributed by atoms with Gasteiger partial charge in [0.2, 0.25) is 5.95 Å². The van der Waals surface area contributed by atoms with Gasteiger partial charge in [0, 0.05) is 49.7 Å². The first kappa shape index (κ1) is 27.4.